The third-order valence-corrected chi connectivity index (χ3v) is 3.23. The largest absolute Gasteiger partial charge is 0.295 e. The highest BCUT2D eigenvalue weighted by atomic mass is 16.1. The summed E-state index contributed by atoms with van der Waals surface area (Å²) in [6.45, 7) is 2.26. The van der Waals surface area contributed by atoms with Crippen LogP contribution in [0.25, 0.3) is 0 Å². The summed E-state index contributed by atoms with van der Waals surface area (Å²) in [6.07, 6.45) is 6.77. The Morgan fingerprint density at radius 1 is 1.17 bits per heavy atom. The van der Waals surface area contributed by atoms with Gasteiger partial charge in [0.2, 0.25) is 0 Å². The Hall–Kier alpha value is -0.590. The Morgan fingerprint density at radius 3 is 2.50 bits per heavy atom. The molecule has 66 valence electrons. The van der Waals surface area contributed by atoms with Gasteiger partial charge in [0, 0.05) is 6.42 Å². The van der Waals surface area contributed by atoms with Crippen molar-refractivity contribution < 1.29 is 4.79 Å². The van der Waals surface area contributed by atoms with Gasteiger partial charge < -0.3 is 0 Å². The van der Waals surface area contributed by atoms with Crippen molar-refractivity contribution in [2.45, 2.75) is 45.4 Å². The molecule has 0 aromatic rings. The smallest absolute Gasteiger partial charge is 0.158 e. The van der Waals surface area contributed by atoms with E-state index in [1.807, 2.05) is 0 Å². The molecular weight excluding hydrogens is 148 g/mol. The SMILES string of the molecule is CC1CCCC1=C1CCCC1=O. The molecule has 0 bridgehead atoms. The summed E-state index contributed by atoms with van der Waals surface area (Å²) in [5.41, 5.74) is 2.71. The van der Waals surface area contributed by atoms with Crippen molar-refractivity contribution >= 4 is 5.78 Å². The maximum absolute atomic E-state index is 11.4. The monoisotopic (exact) mass is 164 g/mol. The minimum absolute atomic E-state index is 0.443. The van der Waals surface area contributed by atoms with Gasteiger partial charge in [0.1, 0.15) is 0 Å². The highest BCUT2D eigenvalue weighted by Crippen LogP contribution is 2.37. The number of hydrogen-bond acceptors (Lipinski definition) is 1. The van der Waals surface area contributed by atoms with Crippen LogP contribution in [-0.4, -0.2) is 5.78 Å². The summed E-state index contributed by atoms with van der Waals surface area (Å²) in [7, 11) is 0. The van der Waals surface area contributed by atoms with E-state index in [4.69, 9.17) is 0 Å². The first-order valence-electron chi connectivity index (χ1n) is 5.04. The van der Waals surface area contributed by atoms with Crippen molar-refractivity contribution in [2.24, 2.45) is 5.92 Å². The quantitative estimate of drug-likeness (QED) is 0.503. The van der Waals surface area contributed by atoms with E-state index in [9.17, 15) is 4.79 Å². The number of Topliss-reactive ketones (excluding diaryl/α,β-unsaturated/α-hetero) is 1. The standard InChI is InChI=1S/C11H16O/c1-8-4-2-5-9(8)10-6-3-7-11(10)12/h8H,2-7H2,1H3. The second-order valence-corrected chi connectivity index (χ2v) is 4.07. The zero-order valence-corrected chi connectivity index (χ0v) is 7.73. The molecule has 1 unspecified atom stereocenters. The highest BCUT2D eigenvalue weighted by Gasteiger charge is 2.26. The van der Waals surface area contributed by atoms with E-state index in [1.54, 1.807) is 0 Å². The summed E-state index contributed by atoms with van der Waals surface area (Å²) in [5, 5.41) is 0. The normalized spacial score (nSPS) is 36.4. The number of hydrogen-bond donors (Lipinski definition) is 0. The lowest BCUT2D eigenvalue weighted by Gasteiger charge is -2.07. The van der Waals surface area contributed by atoms with E-state index in [1.165, 1.54) is 30.4 Å². The van der Waals surface area contributed by atoms with Gasteiger partial charge in [0.05, 0.1) is 0 Å². The van der Waals surface area contributed by atoms with E-state index >= 15 is 0 Å². The molecule has 2 aliphatic rings. The Morgan fingerprint density at radius 2 is 2.00 bits per heavy atom. The Balaban J connectivity index is 2.28. The van der Waals surface area contributed by atoms with Gasteiger partial charge in [-0.3, -0.25) is 4.79 Å². The van der Waals surface area contributed by atoms with E-state index in [0.29, 0.717) is 11.7 Å². The van der Waals surface area contributed by atoms with Gasteiger partial charge in [-0.05, 0) is 43.6 Å². The van der Waals surface area contributed by atoms with E-state index in [0.717, 1.165) is 19.3 Å². The molecule has 12 heavy (non-hydrogen) atoms. The second-order valence-electron chi connectivity index (χ2n) is 4.07. The van der Waals surface area contributed by atoms with Gasteiger partial charge in [-0.25, -0.2) is 0 Å². The van der Waals surface area contributed by atoms with Gasteiger partial charge in [0.25, 0.3) is 0 Å². The maximum Gasteiger partial charge on any atom is 0.158 e. The first-order chi connectivity index (χ1) is 5.79. The Kier molecular flexibility index (Phi) is 2.03. The van der Waals surface area contributed by atoms with Crippen molar-refractivity contribution in [3.8, 4) is 0 Å². The van der Waals surface area contributed by atoms with E-state index in [2.05, 4.69) is 6.92 Å². The van der Waals surface area contributed by atoms with Crippen molar-refractivity contribution in [1.29, 1.82) is 0 Å². The van der Waals surface area contributed by atoms with Gasteiger partial charge in [0.15, 0.2) is 5.78 Å². The van der Waals surface area contributed by atoms with Crippen LogP contribution in [0, 0.1) is 5.92 Å². The number of carbonyl (C=O) groups excluding carboxylic acids is 1. The van der Waals surface area contributed by atoms with Crippen LogP contribution in [0.15, 0.2) is 11.1 Å². The molecule has 0 aliphatic heterocycles. The molecule has 0 amide bonds. The van der Waals surface area contributed by atoms with Crippen LogP contribution in [0.1, 0.15) is 45.4 Å². The number of rotatable bonds is 0. The first-order valence-corrected chi connectivity index (χ1v) is 5.04. The fourth-order valence-electron chi connectivity index (χ4n) is 2.52. The molecule has 2 rings (SSSR count). The lowest BCUT2D eigenvalue weighted by molar-refractivity contribution is -0.114. The van der Waals surface area contributed by atoms with Crippen molar-refractivity contribution in [3.63, 3.8) is 0 Å². The number of carbonyl (C=O) groups is 1. The Bertz CT molecular complexity index is 237. The van der Waals surface area contributed by atoms with Crippen molar-refractivity contribution in [1.82, 2.24) is 0 Å². The first kappa shape index (κ1) is 8.03. The lowest BCUT2D eigenvalue weighted by atomic mass is 9.97. The predicted molar refractivity (Wildman–Crippen MR) is 48.9 cm³/mol. The molecule has 1 heteroatoms. The zero-order chi connectivity index (χ0) is 8.55. The van der Waals surface area contributed by atoms with Crippen LogP contribution in [0.2, 0.25) is 0 Å². The molecule has 0 radical (unpaired) electrons. The molecule has 0 saturated heterocycles. The lowest BCUT2D eigenvalue weighted by Crippen LogP contribution is -2.00. The number of ketones is 1. The summed E-state index contributed by atoms with van der Waals surface area (Å²) in [6, 6.07) is 0. The summed E-state index contributed by atoms with van der Waals surface area (Å²) >= 11 is 0. The van der Waals surface area contributed by atoms with E-state index in [-0.39, 0.29) is 0 Å². The average molecular weight is 164 g/mol. The van der Waals surface area contributed by atoms with Crippen LogP contribution in [0.5, 0.6) is 0 Å². The molecule has 2 aliphatic carbocycles. The Labute approximate surface area is 73.8 Å². The van der Waals surface area contributed by atoms with Crippen molar-refractivity contribution in [2.75, 3.05) is 0 Å². The molecule has 0 N–H and O–H groups in total. The van der Waals surface area contributed by atoms with Crippen LogP contribution in [0.3, 0.4) is 0 Å². The molecule has 0 aromatic carbocycles. The topological polar surface area (TPSA) is 17.1 Å². The van der Waals surface area contributed by atoms with Gasteiger partial charge in [-0.15, -0.1) is 0 Å². The summed E-state index contributed by atoms with van der Waals surface area (Å²) in [4.78, 5) is 11.4. The fourth-order valence-corrected chi connectivity index (χ4v) is 2.52. The number of allylic oxidation sites excluding steroid dienone is 2. The van der Waals surface area contributed by atoms with Crippen LogP contribution in [0.4, 0.5) is 0 Å². The molecule has 0 spiro atoms. The maximum atomic E-state index is 11.4. The third kappa shape index (κ3) is 1.21. The molecular formula is C11H16O. The van der Waals surface area contributed by atoms with E-state index < -0.39 is 0 Å². The molecule has 0 heterocycles. The zero-order valence-electron chi connectivity index (χ0n) is 7.73. The summed E-state index contributed by atoms with van der Waals surface area (Å²) < 4.78 is 0. The molecule has 0 aromatic heterocycles. The molecule has 1 atom stereocenters. The van der Waals surface area contributed by atoms with Crippen LogP contribution >= 0.6 is 0 Å². The minimum atomic E-state index is 0.443. The predicted octanol–water partition coefficient (Wildman–Crippen LogP) is 2.86. The third-order valence-electron chi connectivity index (χ3n) is 3.23. The minimum Gasteiger partial charge on any atom is -0.295 e. The van der Waals surface area contributed by atoms with Crippen molar-refractivity contribution in [3.05, 3.63) is 11.1 Å². The van der Waals surface area contributed by atoms with Gasteiger partial charge in [-0.2, -0.15) is 0 Å². The molecule has 1 nitrogen and oxygen atoms in total. The second kappa shape index (κ2) is 3.04. The van der Waals surface area contributed by atoms with Crippen LogP contribution < -0.4 is 0 Å². The van der Waals surface area contributed by atoms with Gasteiger partial charge >= 0.3 is 0 Å². The molecule has 2 fully saturated rings. The average Bonchev–Trinajstić information content (AvgIpc) is 2.59. The van der Waals surface area contributed by atoms with Crippen LogP contribution in [-0.2, 0) is 4.79 Å². The van der Waals surface area contributed by atoms with Gasteiger partial charge in [-0.1, -0.05) is 12.5 Å². The highest BCUT2D eigenvalue weighted by molar-refractivity contribution is 5.98. The summed E-state index contributed by atoms with van der Waals surface area (Å²) in [5.74, 6) is 1.14. The fraction of sp³-hybridized carbons (Fsp3) is 0.727. The molecule has 2 saturated carbocycles.